The number of benzene rings is 5. The molecule has 0 fully saturated rings. The van der Waals surface area contributed by atoms with E-state index in [1.54, 1.807) is 48.5 Å². The van der Waals surface area contributed by atoms with E-state index in [9.17, 15) is 19.2 Å². The second-order valence-electron chi connectivity index (χ2n) is 19.5. The monoisotopic (exact) mass is 928 g/mol. The van der Waals surface area contributed by atoms with Crippen LogP contribution >= 0.6 is 0 Å². The number of nitrogens with zero attached hydrogens (tertiary/aromatic N) is 2. The van der Waals surface area contributed by atoms with Gasteiger partial charge < -0.3 is 30.7 Å². The first-order chi connectivity index (χ1) is 33.9. The summed E-state index contributed by atoms with van der Waals surface area (Å²) in [6, 6.07) is 49.2. The highest BCUT2D eigenvalue weighted by atomic mass is 16.5. The third-order valence-electron chi connectivity index (χ3n) is 14.1. The molecule has 6 heterocycles. The second-order valence-corrected chi connectivity index (χ2v) is 19.5. The van der Waals surface area contributed by atoms with Gasteiger partial charge in [0.25, 0.3) is 11.8 Å². The number of rotatable bonds is 0. The lowest BCUT2D eigenvalue weighted by molar-refractivity contribution is -0.117. The average molecular weight is 929 g/mol. The van der Waals surface area contributed by atoms with E-state index in [0.717, 1.165) is 50.1 Å². The Morgan fingerprint density at radius 3 is 1.16 bits per heavy atom. The lowest BCUT2D eigenvalue weighted by Gasteiger charge is -2.59. The van der Waals surface area contributed by atoms with Gasteiger partial charge in [-0.15, -0.1) is 0 Å². The number of carbonyl (C=O) groups excluding carboxylic acids is 4. The smallest absolute Gasteiger partial charge is 0.256 e. The lowest BCUT2D eigenvalue weighted by Crippen LogP contribution is -2.55. The molecule has 2 aromatic heterocycles. The summed E-state index contributed by atoms with van der Waals surface area (Å²) in [5, 5.41) is 11.6. The van der Waals surface area contributed by atoms with Gasteiger partial charge in [-0.2, -0.15) is 0 Å². The van der Waals surface area contributed by atoms with Crippen LogP contribution in [0.25, 0.3) is 0 Å². The summed E-state index contributed by atoms with van der Waals surface area (Å²) >= 11 is 0. The van der Waals surface area contributed by atoms with Crippen LogP contribution < -0.4 is 21.3 Å². The van der Waals surface area contributed by atoms with Crippen LogP contribution in [-0.2, 0) is 35.7 Å². The minimum atomic E-state index is -0.979. The van der Waals surface area contributed by atoms with E-state index < -0.39 is 28.4 Å². The highest BCUT2D eigenvalue weighted by molar-refractivity contribution is 6.09. The molecule has 350 valence electrons. The molecular formula is C58H52N6O6. The minimum absolute atomic E-state index is 0.150. The maximum atomic E-state index is 13.9. The summed E-state index contributed by atoms with van der Waals surface area (Å²) in [6.07, 6.45) is 1.12. The van der Waals surface area contributed by atoms with Crippen LogP contribution in [0.4, 0.5) is 23.3 Å². The van der Waals surface area contributed by atoms with Gasteiger partial charge in [0.15, 0.2) is 0 Å². The van der Waals surface area contributed by atoms with Gasteiger partial charge in [-0.3, -0.25) is 19.2 Å². The van der Waals surface area contributed by atoms with E-state index in [0.29, 0.717) is 12.8 Å². The number of anilines is 4. The molecule has 0 atom stereocenters. The number of carbonyl (C=O) groups is 4. The third-order valence-corrected chi connectivity index (χ3v) is 14.1. The maximum Gasteiger partial charge on any atom is 0.256 e. The molecule has 7 aromatic rings. The Morgan fingerprint density at radius 1 is 0.457 bits per heavy atom. The summed E-state index contributed by atoms with van der Waals surface area (Å²) in [5.41, 5.74) is 7.50. The Morgan fingerprint density at radius 2 is 0.800 bits per heavy atom. The molecule has 0 radical (unpaired) electrons. The lowest BCUT2D eigenvalue weighted by atomic mass is 9.49. The van der Waals surface area contributed by atoms with Gasteiger partial charge in [0.2, 0.25) is 11.8 Å². The molecule has 0 unspecified atom stereocenters. The normalized spacial score (nSPS) is 22.2. The Kier molecular flexibility index (Phi) is 11.2. The van der Waals surface area contributed by atoms with Crippen molar-refractivity contribution in [1.82, 2.24) is 9.97 Å². The number of hydrogen-bond donors (Lipinski definition) is 4. The fourth-order valence-electron chi connectivity index (χ4n) is 11.1. The van der Waals surface area contributed by atoms with Gasteiger partial charge in [0.1, 0.15) is 34.5 Å². The predicted molar refractivity (Wildman–Crippen MR) is 268 cm³/mol. The molecule has 70 heavy (non-hydrogen) atoms. The average Bonchev–Trinajstić information content (AvgIpc) is 3.35. The van der Waals surface area contributed by atoms with Crippen molar-refractivity contribution >= 4 is 46.9 Å². The Bertz CT molecular complexity index is 2950. The number of aromatic nitrogens is 2. The zero-order chi connectivity index (χ0) is 48.2. The number of pyridine rings is 2. The van der Waals surface area contributed by atoms with E-state index in [4.69, 9.17) is 9.47 Å². The largest absolute Gasteiger partial charge is 0.364 e. The van der Waals surface area contributed by atoms with Crippen LogP contribution in [0.2, 0.25) is 0 Å². The molecule has 4 aliphatic heterocycles. The molecule has 0 saturated carbocycles. The van der Waals surface area contributed by atoms with Gasteiger partial charge >= 0.3 is 0 Å². The standard InChI is InChI=1S/C58H52N6O6/c1-56(2,3)37-33-35-32-36(34-37)55(68)64-49-27-13-25-47(60-49)62-51(66)29-15-31-70-58-44-22-10-6-18-40(44)53(41-19-7-11-23-45(41)58)57(42-20-8-4-16-38(42)52(58)39-17-5-9-21-43(39)57)69-30-14-28-50(65)61-46-24-12-26-48(59-46)63-54(35)67/h4-13,16-27,32-34,52-53H,14-15,28-31H2,1-3H3,(H2,59,61,63,65,67)(H2,60,62,64,66,68). The van der Waals surface area contributed by atoms with Gasteiger partial charge in [0.05, 0.1) is 0 Å². The fourth-order valence-corrected chi connectivity index (χ4v) is 11.1. The van der Waals surface area contributed by atoms with Crippen molar-refractivity contribution in [1.29, 1.82) is 0 Å². The molecule has 0 saturated heterocycles. The van der Waals surface area contributed by atoms with Crippen LogP contribution in [0, 0.1) is 0 Å². The molecule has 4 amide bonds. The summed E-state index contributed by atoms with van der Waals surface area (Å²) in [6.45, 7) is 6.52. The molecule has 12 heteroatoms. The fraction of sp³-hybridized carbons (Fsp3) is 0.241. The zero-order valence-electron chi connectivity index (χ0n) is 39.2. The molecule has 5 aromatic carbocycles. The molecule has 10 aliphatic rings. The zero-order valence-corrected chi connectivity index (χ0v) is 39.2. The second kappa shape index (κ2) is 17.6. The van der Waals surface area contributed by atoms with Crippen molar-refractivity contribution in [2.75, 3.05) is 34.5 Å². The maximum absolute atomic E-state index is 13.9. The molecule has 6 aliphatic carbocycles. The van der Waals surface area contributed by atoms with Crippen LogP contribution in [-0.4, -0.2) is 46.8 Å². The summed E-state index contributed by atoms with van der Waals surface area (Å²) < 4.78 is 15.0. The van der Waals surface area contributed by atoms with Crippen molar-refractivity contribution in [3.05, 3.63) is 213 Å². The Hall–Kier alpha value is -7.80. The number of amides is 4. The summed E-state index contributed by atoms with van der Waals surface area (Å²) in [4.78, 5) is 64.3. The molecule has 17 rings (SSSR count). The van der Waals surface area contributed by atoms with Crippen LogP contribution in [0.1, 0.15) is 129 Å². The van der Waals surface area contributed by atoms with E-state index in [1.165, 1.54) is 6.07 Å². The van der Waals surface area contributed by atoms with E-state index >= 15 is 0 Å². The predicted octanol–water partition coefficient (Wildman–Crippen LogP) is 10.6. The Balaban J connectivity index is 0.991. The first-order valence-electron chi connectivity index (χ1n) is 23.9. The summed E-state index contributed by atoms with van der Waals surface area (Å²) in [5.74, 6) is -1.06. The first-order valence-corrected chi connectivity index (χ1v) is 23.9. The number of hydrogen-bond acceptors (Lipinski definition) is 8. The number of ether oxygens (including phenoxy) is 2. The molecular weight excluding hydrogens is 877 g/mol. The molecule has 4 N–H and O–H groups in total. The molecule has 10 bridgehead atoms. The van der Waals surface area contributed by atoms with Crippen molar-refractivity contribution in [2.45, 2.75) is 74.9 Å². The van der Waals surface area contributed by atoms with Crippen LogP contribution in [0.5, 0.6) is 0 Å². The molecule has 2 spiro atoms. The van der Waals surface area contributed by atoms with Gasteiger partial charge in [-0.1, -0.05) is 130 Å². The first kappa shape index (κ1) is 44.7. The number of nitrogens with one attached hydrogen (secondary N) is 4. The van der Waals surface area contributed by atoms with E-state index in [1.807, 2.05) is 20.8 Å². The van der Waals surface area contributed by atoms with Crippen LogP contribution in [0.3, 0.4) is 0 Å². The Labute approximate surface area is 406 Å². The van der Waals surface area contributed by atoms with Crippen molar-refractivity contribution in [3.63, 3.8) is 0 Å². The van der Waals surface area contributed by atoms with Crippen molar-refractivity contribution in [3.8, 4) is 0 Å². The topological polar surface area (TPSA) is 161 Å². The van der Waals surface area contributed by atoms with Gasteiger partial charge in [0, 0.05) is 49.0 Å². The van der Waals surface area contributed by atoms with E-state index in [2.05, 4.69) is 128 Å². The molecule has 12 nitrogen and oxygen atoms in total. The third kappa shape index (κ3) is 7.64. The minimum Gasteiger partial charge on any atom is -0.364 e. The quantitative estimate of drug-likeness (QED) is 0.117. The van der Waals surface area contributed by atoms with Gasteiger partial charge in [-0.25, -0.2) is 9.97 Å². The highest BCUT2D eigenvalue weighted by Crippen LogP contribution is 2.69. The highest BCUT2D eigenvalue weighted by Gasteiger charge is 2.64. The van der Waals surface area contributed by atoms with E-state index in [-0.39, 0.29) is 84.1 Å². The van der Waals surface area contributed by atoms with Crippen molar-refractivity contribution < 1.29 is 28.7 Å². The SMILES string of the molecule is CC(C)(C)c1cc2cc(c1)C(=O)Nc1cccc(n1)NC(=O)CCCOC13c4ccccc4C(c4ccccc41)C1(OCCCC(=O)Nc4cccc(n4)NC2=O)c2ccccc2C3c2ccccc21. The van der Waals surface area contributed by atoms with Gasteiger partial charge in [-0.05, 0) is 111 Å². The summed E-state index contributed by atoms with van der Waals surface area (Å²) in [7, 11) is 0. The van der Waals surface area contributed by atoms with Crippen LogP contribution in [0.15, 0.2) is 152 Å². The van der Waals surface area contributed by atoms with Crippen molar-refractivity contribution in [2.24, 2.45) is 0 Å².